The van der Waals surface area contributed by atoms with Crippen LogP contribution in [0.3, 0.4) is 0 Å². The Morgan fingerprint density at radius 2 is 1.95 bits per heavy atom. The minimum atomic E-state index is 0.333. The van der Waals surface area contributed by atoms with E-state index in [4.69, 9.17) is 4.52 Å². The Kier molecular flexibility index (Phi) is 5.17. The lowest BCUT2D eigenvalue weighted by atomic mass is 10.0. The molecule has 1 N–H and O–H groups in total. The second-order valence-electron chi connectivity index (χ2n) is 5.09. The van der Waals surface area contributed by atoms with Crippen molar-refractivity contribution in [2.75, 3.05) is 6.54 Å². The van der Waals surface area contributed by atoms with Crippen LogP contribution < -0.4 is 5.32 Å². The molecular weight excluding hydrogens is 254 g/mol. The molecule has 1 unspecified atom stereocenters. The van der Waals surface area contributed by atoms with E-state index in [9.17, 15) is 0 Å². The molecular formula is C14H21N5O. The number of rotatable bonds is 7. The molecule has 20 heavy (non-hydrogen) atoms. The zero-order valence-corrected chi connectivity index (χ0v) is 12.2. The second kappa shape index (κ2) is 7.09. The molecule has 2 aromatic heterocycles. The lowest BCUT2D eigenvalue weighted by Crippen LogP contribution is -2.36. The van der Waals surface area contributed by atoms with E-state index in [1.807, 2.05) is 0 Å². The third-order valence-corrected chi connectivity index (χ3v) is 3.09. The zero-order chi connectivity index (χ0) is 14.4. The Morgan fingerprint density at radius 1 is 1.20 bits per heavy atom. The van der Waals surface area contributed by atoms with Gasteiger partial charge in [-0.05, 0) is 24.9 Å². The van der Waals surface area contributed by atoms with Crippen molar-refractivity contribution < 1.29 is 4.52 Å². The highest BCUT2D eigenvalue weighted by Crippen LogP contribution is 2.13. The van der Waals surface area contributed by atoms with Crippen molar-refractivity contribution in [3.8, 4) is 11.6 Å². The fourth-order valence-corrected chi connectivity index (χ4v) is 1.90. The summed E-state index contributed by atoms with van der Waals surface area (Å²) in [5, 5.41) is 7.45. The average Bonchev–Trinajstić information content (AvgIpc) is 2.92. The minimum absolute atomic E-state index is 0.333. The van der Waals surface area contributed by atoms with Gasteiger partial charge in [-0.1, -0.05) is 25.9 Å². The highest BCUT2D eigenvalue weighted by Gasteiger charge is 2.18. The lowest BCUT2D eigenvalue weighted by molar-refractivity contribution is 0.326. The van der Waals surface area contributed by atoms with Gasteiger partial charge in [0.15, 0.2) is 0 Å². The van der Waals surface area contributed by atoms with Gasteiger partial charge in [-0.25, -0.2) is 9.97 Å². The number of nitrogens with one attached hydrogen (secondary N) is 1. The first kappa shape index (κ1) is 14.6. The van der Waals surface area contributed by atoms with Crippen LogP contribution in [0.1, 0.15) is 33.1 Å². The monoisotopic (exact) mass is 275 g/mol. The van der Waals surface area contributed by atoms with Crippen molar-refractivity contribution in [2.45, 2.75) is 39.7 Å². The van der Waals surface area contributed by atoms with Crippen LogP contribution in [-0.2, 0) is 6.42 Å². The molecule has 6 nitrogen and oxygen atoms in total. The van der Waals surface area contributed by atoms with Gasteiger partial charge in [0, 0.05) is 24.9 Å². The van der Waals surface area contributed by atoms with Gasteiger partial charge in [-0.3, -0.25) is 0 Å². The highest BCUT2D eigenvalue weighted by molar-refractivity contribution is 5.40. The Morgan fingerprint density at radius 3 is 2.60 bits per heavy atom. The molecule has 0 aliphatic carbocycles. The standard InChI is InChI=1S/C14H21N5O/c1-4-6-15-11(10(2)3)9-12-18-14(19-20-12)13-16-7-5-8-17-13/h5,7-8,10-11,15H,4,6,9H2,1-3H3. The molecule has 2 aromatic rings. The molecule has 0 amide bonds. The molecule has 108 valence electrons. The predicted molar refractivity (Wildman–Crippen MR) is 75.9 cm³/mol. The van der Waals surface area contributed by atoms with E-state index in [0.717, 1.165) is 19.4 Å². The fraction of sp³-hybridized carbons (Fsp3) is 0.571. The largest absolute Gasteiger partial charge is 0.339 e. The smallest absolute Gasteiger partial charge is 0.240 e. The molecule has 0 aromatic carbocycles. The third kappa shape index (κ3) is 3.84. The molecule has 0 radical (unpaired) electrons. The van der Waals surface area contributed by atoms with Crippen LogP contribution in [0.2, 0.25) is 0 Å². The van der Waals surface area contributed by atoms with Crippen molar-refractivity contribution in [3.05, 3.63) is 24.4 Å². The summed E-state index contributed by atoms with van der Waals surface area (Å²) >= 11 is 0. The normalized spacial score (nSPS) is 12.8. The van der Waals surface area contributed by atoms with Crippen molar-refractivity contribution in [3.63, 3.8) is 0 Å². The van der Waals surface area contributed by atoms with Crippen LogP contribution in [0.5, 0.6) is 0 Å². The molecule has 0 saturated heterocycles. The van der Waals surface area contributed by atoms with Crippen molar-refractivity contribution in [2.24, 2.45) is 5.92 Å². The first-order valence-corrected chi connectivity index (χ1v) is 7.04. The number of hydrogen-bond acceptors (Lipinski definition) is 6. The maximum atomic E-state index is 5.30. The molecule has 0 saturated carbocycles. The van der Waals surface area contributed by atoms with Crippen LogP contribution >= 0.6 is 0 Å². The maximum Gasteiger partial charge on any atom is 0.240 e. The zero-order valence-electron chi connectivity index (χ0n) is 12.2. The van der Waals surface area contributed by atoms with Crippen molar-refractivity contribution in [1.29, 1.82) is 0 Å². The summed E-state index contributed by atoms with van der Waals surface area (Å²) in [6.45, 7) is 7.52. The fourth-order valence-electron chi connectivity index (χ4n) is 1.90. The molecule has 2 heterocycles. The van der Waals surface area contributed by atoms with E-state index in [0.29, 0.717) is 29.5 Å². The SMILES string of the molecule is CCCNC(Cc1nc(-c2ncccn2)no1)C(C)C. The molecule has 2 rings (SSSR count). The molecule has 6 heteroatoms. The summed E-state index contributed by atoms with van der Waals surface area (Å²) in [6, 6.07) is 2.09. The van der Waals surface area contributed by atoms with Crippen molar-refractivity contribution in [1.82, 2.24) is 25.4 Å². The average molecular weight is 275 g/mol. The van der Waals surface area contributed by atoms with Gasteiger partial charge in [0.2, 0.25) is 17.5 Å². The van der Waals surface area contributed by atoms with E-state index >= 15 is 0 Å². The van der Waals surface area contributed by atoms with Gasteiger partial charge < -0.3 is 9.84 Å². The summed E-state index contributed by atoms with van der Waals surface area (Å²) in [5.41, 5.74) is 0. The lowest BCUT2D eigenvalue weighted by Gasteiger charge is -2.20. The van der Waals surface area contributed by atoms with E-state index in [1.54, 1.807) is 18.5 Å². The van der Waals surface area contributed by atoms with Gasteiger partial charge in [-0.15, -0.1) is 0 Å². The van der Waals surface area contributed by atoms with E-state index in [-0.39, 0.29) is 0 Å². The third-order valence-electron chi connectivity index (χ3n) is 3.09. The molecule has 1 atom stereocenters. The Balaban J connectivity index is 2.04. The number of hydrogen-bond donors (Lipinski definition) is 1. The second-order valence-corrected chi connectivity index (χ2v) is 5.09. The predicted octanol–water partition coefficient (Wildman–Crippen LogP) is 2.09. The van der Waals surface area contributed by atoms with Crippen LogP contribution in [0.15, 0.2) is 23.0 Å². The van der Waals surface area contributed by atoms with E-state index in [1.165, 1.54) is 0 Å². The van der Waals surface area contributed by atoms with Crippen LogP contribution in [-0.4, -0.2) is 32.7 Å². The van der Waals surface area contributed by atoms with Crippen molar-refractivity contribution >= 4 is 0 Å². The first-order chi connectivity index (χ1) is 9.70. The van der Waals surface area contributed by atoms with Crippen LogP contribution in [0, 0.1) is 5.92 Å². The van der Waals surface area contributed by atoms with Gasteiger partial charge in [0.1, 0.15) is 0 Å². The Hall–Kier alpha value is -1.82. The van der Waals surface area contributed by atoms with E-state index in [2.05, 4.69) is 46.2 Å². The van der Waals surface area contributed by atoms with Gasteiger partial charge >= 0.3 is 0 Å². The minimum Gasteiger partial charge on any atom is -0.339 e. The molecule has 0 spiro atoms. The quantitative estimate of drug-likeness (QED) is 0.833. The Labute approximate surface area is 119 Å². The topological polar surface area (TPSA) is 76.7 Å². The number of nitrogens with zero attached hydrogens (tertiary/aromatic N) is 4. The highest BCUT2D eigenvalue weighted by atomic mass is 16.5. The summed E-state index contributed by atoms with van der Waals surface area (Å²) in [6.07, 6.45) is 5.16. The molecule has 0 bridgehead atoms. The molecule has 0 fully saturated rings. The summed E-state index contributed by atoms with van der Waals surface area (Å²) < 4.78 is 5.30. The Bertz CT molecular complexity index is 511. The van der Waals surface area contributed by atoms with Gasteiger partial charge in [0.25, 0.3) is 0 Å². The molecule has 0 aliphatic rings. The summed E-state index contributed by atoms with van der Waals surface area (Å²) in [4.78, 5) is 12.6. The van der Waals surface area contributed by atoms with Crippen LogP contribution in [0.25, 0.3) is 11.6 Å². The van der Waals surface area contributed by atoms with E-state index < -0.39 is 0 Å². The van der Waals surface area contributed by atoms with Crippen LogP contribution in [0.4, 0.5) is 0 Å². The van der Waals surface area contributed by atoms with Gasteiger partial charge in [-0.2, -0.15) is 4.98 Å². The summed E-state index contributed by atoms with van der Waals surface area (Å²) in [7, 11) is 0. The number of aromatic nitrogens is 4. The summed E-state index contributed by atoms with van der Waals surface area (Å²) in [5.74, 6) is 2.06. The van der Waals surface area contributed by atoms with Gasteiger partial charge in [0.05, 0.1) is 0 Å². The first-order valence-electron chi connectivity index (χ1n) is 7.04. The maximum absolute atomic E-state index is 5.30. The molecule has 0 aliphatic heterocycles.